The van der Waals surface area contributed by atoms with Crippen molar-refractivity contribution in [2.24, 2.45) is 0 Å². The van der Waals surface area contributed by atoms with Gasteiger partial charge in [0.25, 0.3) is 0 Å². The SMILES string of the molecule is COC(=O)CC(NC(=O)Cc1csc(-c2cccc(F)c2)n1)c1ccc(Br)cc1. The second-order valence-corrected chi connectivity index (χ2v) is 8.06. The van der Waals surface area contributed by atoms with Crippen LogP contribution in [0.5, 0.6) is 0 Å². The van der Waals surface area contributed by atoms with Crippen molar-refractivity contribution in [1.82, 2.24) is 10.3 Å². The van der Waals surface area contributed by atoms with Gasteiger partial charge in [-0.05, 0) is 29.8 Å². The van der Waals surface area contributed by atoms with Crippen molar-refractivity contribution >= 4 is 39.1 Å². The van der Waals surface area contributed by atoms with Crippen LogP contribution in [0.1, 0.15) is 23.7 Å². The fourth-order valence-corrected chi connectivity index (χ4v) is 3.83. The second kappa shape index (κ2) is 9.76. The number of carbonyl (C=O) groups is 2. The first-order valence-corrected chi connectivity index (χ1v) is 10.4. The first kappa shape index (κ1) is 21.1. The molecule has 1 amide bonds. The van der Waals surface area contributed by atoms with Gasteiger partial charge in [0.1, 0.15) is 10.8 Å². The molecule has 0 aliphatic carbocycles. The predicted octanol–water partition coefficient (Wildman–Crippen LogP) is 4.67. The van der Waals surface area contributed by atoms with E-state index < -0.39 is 12.0 Å². The summed E-state index contributed by atoms with van der Waals surface area (Å²) in [6.45, 7) is 0. The van der Waals surface area contributed by atoms with E-state index in [9.17, 15) is 14.0 Å². The van der Waals surface area contributed by atoms with Gasteiger partial charge in [-0.25, -0.2) is 9.37 Å². The lowest BCUT2D eigenvalue weighted by Gasteiger charge is -2.18. The topological polar surface area (TPSA) is 68.3 Å². The number of hydrogen-bond acceptors (Lipinski definition) is 5. The van der Waals surface area contributed by atoms with Gasteiger partial charge in [-0.15, -0.1) is 11.3 Å². The number of aromatic nitrogens is 1. The molecule has 0 fully saturated rings. The van der Waals surface area contributed by atoms with Gasteiger partial charge in [0, 0.05) is 15.4 Å². The molecule has 1 heterocycles. The van der Waals surface area contributed by atoms with Crippen LogP contribution in [0.4, 0.5) is 4.39 Å². The van der Waals surface area contributed by atoms with Crippen LogP contribution < -0.4 is 5.32 Å². The van der Waals surface area contributed by atoms with E-state index in [1.54, 1.807) is 17.5 Å². The van der Waals surface area contributed by atoms with E-state index in [1.165, 1.54) is 30.6 Å². The molecule has 1 unspecified atom stereocenters. The Morgan fingerprint density at radius 1 is 1.24 bits per heavy atom. The smallest absolute Gasteiger partial charge is 0.307 e. The van der Waals surface area contributed by atoms with Crippen molar-refractivity contribution in [1.29, 1.82) is 0 Å². The molecule has 0 saturated carbocycles. The largest absolute Gasteiger partial charge is 0.469 e. The third-order valence-corrected chi connectivity index (χ3v) is 5.64. The fraction of sp³-hybridized carbons (Fsp3) is 0.190. The van der Waals surface area contributed by atoms with Crippen LogP contribution in [0.15, 0.2) is 58.4 Å². The average molecular weight is 477 g/mol. The Labute approximate surface area is 180 Å². The molecule has 3 rings (SSSR count). The zero-order valence-corrected chi connectivity index (χ0v) is 17.9. The van der Waals surface area contributed by atoms with Gasteiger partial charge in [-0.1, -0.05) is 40.2 Å². The van der Waals surface area contributed by atoms with Gasteiger partial charge in [0.05, 0.1) is 31.7 Å². The van der Waals surface area contributed by atoms with Gasteiger partial charge >= 0.3 is 5.97 Å². The molecule has 0 radical (unpaired) electrons. The minimum Gasteiger partial charge on any atom is -0.469 e. The first-order valence-electron chi connectivity index (χ1n) is 8.76. The maximum absolute atomic E-state index is 13.4. The Morgan fingerprint density at radius 3 is 2.69 bits per heavy atom. The molecule has 1 aromatic heterocycles. The number of hydrogen-bond donors (Lipinski definition) is 1. The molecular weight excluding hydrogens is 459 g/mol. The summed E-state index contributed by atoms with van der Waals surface area (Å²) in [6, 6.07) is 13.0. The summed E-state index contributed by atoms with van der Waals surface area (Å²) in [4.78, 5) is 28.8. The van der Waals surface area contributed by atoms with E-state index >= 15 is 0 Å². The summed E-state index contributed by atoms with van der Waals surface area (Å²) in [6.07, 6.45) is 0.0789. The Balaban J connectivity index is 1.70. The lowest BCUT2D eigenvalue weighted by atomic mass is 10.0. The van der Waals surface area contributed by atoms with Crippen molar-refractivity contribution in [2.75, 3.05) is 7.11 Å². The van der Waals surface area contributed by atoms with Crippen LogP contribution in [0, 0.1) is 5.82 Å². The van der Waals surface area contributed by atoms with Gasteiger partial charge < -0.3 is 10.1 Å². The van der Waals surface area contributed by atoms with Crippen molar-refractivity contribution in [3.05, 3.63) is 75.5 Å². The quantitative estimate of drug-likeness (QED) is 0.502. The molecule has 2 aromatic carbocycles. The Kier molecular flexibility index (Phi) is 7.11. The van der Waals surface area contributed by atoms with E-state index in [4.69, 9.17) is 4.74 Å². The lowest BCUT2D eigenvalue weighted by molar-refractivity contribution is -0.141. The highest BCUT2D eigenvalue weighted by molar-refractivity contribution is 9.10. The number of methoxy groups -OCH3 is 1. The summed E-state index contributed by atoms with van der Waals surface area (Å²) in [5.41, 5.74) is 2.05. The fourth-order valence-electron chi connectivity index (χ4n) is 2.75. The predicted molar refractivity (Wildman–Crippen MR) is 113 cm³/mol. The normalized spacial score (nSPS) is 11.7. The molecule has 5 nitrogen and oxygen atoms in total. The number of carbonyl (C=O) groups excluding carboxylic acids is 2. The summed E-state index contributed by atoms with van der Waals surface area (Å²) < 4.78 is 19.1. The molecule has 29 heavy (non-hydrogen) atoms. The van der Waals surface area contributed by atoms with Crippen LogP contribution in [0.2, 0.25) is 0 Å². The van der Waals surface area contributed by atoms with Crippen molar-refractivity contribution in [3.8, 4) is 10.6 Å². The third kappa shape index (κ3) is 5.95. The maximum Gasteiger partial charge on any atom is 0.307 e. The molecule has 0 aliphatic heterocycles. The van der Waals surface area contributed by atoms with Crippen molar-refractivity contribution in [2.45, 2.75) is 18.9 Å². The standard InChI is InChI=1S/C21H18BrFN2O3S/c1-28-20(27)11-18(13-5-7-15(22)8-6-13)25-19(26)10-17-12-29-21(24-17)14-3-2-4-16(23)9-14/h2-9,12,18H,10-11H2,1H3,(H,25,26). The van der Waals surface area contributed by atoms with E-state index in [-0.39, 0.29) is 24.6 Å². The Bertz CT molecular complexity index is 1010. The van der Waals surface area contributed by atoms with Crippen LogP contribution in [-0.2, 0) is 20.7 Å². The van der Waals surface area contributed by atoms with E-state index in [0.717, 1.165) is 10.0 Å². The highest BCUT2D eigenvalue weighted by Crippen LogP contribution is 2.25. The summed E-state index contributed by atoms with van der Waals surface area (Å²) >= 11 is 4.72. The zero-order chi connectivity index (χ0) is 20.8. The van der Waals surface area contributed by atoms with E-state index in [0.29, 0.717) is 16.3 Å². The maximum atomic E-state index is 13.4. The molecule has 150 valence electrons. The highest BCUT2D eigenvalue weighted by Gasteiger charge is 2.20. The minimum absolute atomic E-state index is 0.0233. The molecule has 3 aromatic rings. The molecule has 1 N–H and O–H groups in total. The minimum atomic E-state index is -0.510. The van der Waals surface area contributed by atoms with Gasteiger partial charge in [-0.3, -0.25) is 9.59 Å². The Hall–Kier alpha value is -2.58. The van der Waals surface area contributed by atoms with Crippen LogP contribution in [-0.4, -0.2) is 24.0 Å². The number of benzene rings is 2. The Morgan fingerprint density at radius 2 is 2.00 bits per heavy atom. The van der Waals surface area contributed by atoms with E-state index in [1.807, 2.05) is 24.3 Å². The summed E-state index contributed by atoms with van der Waals surface area (Å²) in [5, 5.41) is 5.29. The van der Waals surface area contributed by atoms with Gasteiger partial charge in [0.2, 0.25) is 5.91 Å². The van der Waals surface area contributed by atoms with Crippen molar-refractivity contribution < 1.29 is 18.7 Å². The molecule has 0 aliphatic rings. The third-order valence-electron chi connectivity index (χ3n) is 4.17. The number of nitrogens with zero attached hydrogens (tertiary/aromatic N) is 1. The number of esters is 1. The monoisotopic (exact) mass is 476 g/mol. The van der Waals surface area contributed by atoms with E-state index in [2.05, 4.69) is 26.2 Å². The van der Waals surface area contributed by atoms with Crippen LogP contribution >= 0.6 is 27.3 Å². The molecular formula is C21H18BrFN2O3S. The zero-order valence-electron chi connectivity index (χ0n) is 15.5. The summed E-state index contributed by atoms with van der Waals surface area (Å²) in [7, 11) is 1.31. The highest BCUT2D eigenvalue weighted by atomic mass is 79.9. The number of halogens is 2. The lowest BCUT2D eigenvalue weighted by Crippen LogP contribution is -2.31. The van der Waals surface area contributed by atoms with Crippen LogP contribution in [0.25, 0.3) is 10.6 Å². The first-order chi connectivity index (χ1) is 13.9. The molecule has 0 saturated heterocycles. The average Bonchev–Trinajstić information content (AvgIpc) is 3.16. The summed E-state index contributed by atoms with van der Waals surface area (Å²) in [5.74, 6) is -1.02. The van der Waals surface area contributed by atoms with Crippen molar-refractivity contribution in [3.63, 3.8) is 0 Å². The number of nitrogens with one attached hydrogen (secondary N) is 1. The number of rotatable bonds is 7. The number of amides is 1. The second-order valence-electron chi connectivity index (χ2n) is 6.28. The number of thiazole rings is 1. The number of ether oxygens (including phenoxy) is 1. The van der Waals surface area contributed by atoms with Gasteiger partial charge in [0.15, 0.2) is 0 Å². The molecule has 1 atom stereocenters. The van der Waals surface area contributed by atoms with Crippen LogP contribution in [0.3, 0.4) is 0 Å². The van der Waals surface area contributed by atoms with Gasteiger partial charge in [-0.2, -0.15) is 0 Å². The molecule has 0 bridgehead atoms. The molecule has 8 heteroatoms. The molecule has 0 spiro atoms.